The third-order valence-corrected chi connectivity index (χ3v) is 5.09. The minimum Gasteiger partial charge on any atom is -0.323 e. The zero-order chi connectivity index (χ0) is 18.8. The number of carbonyl (C=O) groups is 2. The van der Waals surface area contributed by atoms with Gasteiger partial charge in [0.1, 0.15) is 0 Å². The molecule has 0 radical (unpaired) electrons. The lowest BCUT2D eigenvalue weighted by Crippen LogP contribution is -2.89. The van der Waals surface area contributed by atoms with Gasteiger partial charge in [0.25, 0.3) is 16.9 Å². The van der Waals surface area contributed by atoms with Crippen LogP contribution in [0.1, 0.15) is 12.0 Å². The lowest BCUT2D eigenvalue weighted by Gasteiger charge is -2.16. The molecule has 0 saturated carbocycles. The van der Waals surface area contributed by atoms with Crippen LogP contribution in [0.5, 0.6) is 0 Å². The molecule has 0 saturated heterocycles. The van der Waals surface area contributed by atoms with Gasteiger partial charge < -0.3 is 5.32 Å². The van der Waals surface area contributed by atoms with Gasteiger partial charge in [0.05, 0.1) is 16.6 Å². The van der Waals surface area contributed by atoms with Crippen LogP contribution in [0.15, 0.2) is 48.5 Å². The number of benzene rings is 2. The summed E-state index contributed by atoms with van der Waals surface area (Å²) in [6, 6.07) is 14.6. The van der Waals surface area contributed by atoms with Gasteiger partial charge in [-0.25, -0.2) is 15.6 Å². The maximum absolute atomic E-state index is 12.5. The summed E-state index contributed by atoms with van der Waals surface area (Å²) in [6.07, 6.45) is 0.0583. The number of aryl methyl sites for hydroxylation is 1. The molecule has 7 nitrogen and oxygen atoms in total. The average molecular weight is 380 g/mol. The Kier molecular flexibility index (Phi) is 4.55. The smallest absolute Gasteiger partial charge is 0.323 e. The minimum absolute atomic E-state index is 0.0583. The molecule has 8 heteroatoms. The van der Waals surface area contributed by atoms with Gasteiger partial charge in [-0.15, -0.1) is 0 Å². The molecule has 3 aromatic rings. The van der Waals surface area contributed by atoms with Crippen molar-refractivity contribution in [1.82, 2.24) is 10.3 Å². The number of aromatic nitrogens is 1. The van der Waals surface area contributed by atoms with E-state index in [2.05, 4.69) is 25.9 Å². The maximum Gasteiger partial charge on any atom is 0.358 e. The molecule has 0 unspecified atom stereocenters. The number of nitrogens with one attached hydrogen (secondary N) is 4. The molecule has 2 amide bonds. The van der Waals surface area contributed by atoms with Crippen LogP contribution in [-0.2, 0) is 9.59 Å². The number of thiazole rings is 1. The Labute approximate surface area is 159 Å². The van der Waals surface area contributed by atoms with E-state index in [1.165, 1.54) is 11.3 Å². The van der Waals surface area contributed by atoms with Gasteiger partial charge in [-0.1, -0.05) is 41.2 Å². The molecular formula is C19H18N5O2S+. The Morgan fingerprint density at radius 1 is 1.22 bits per heavy atom. The first kappa shape index (κ1) is 17.2. The zero-order valence-electron chi connectivity index (χ0n) is 14.6. The summed E-state index contributed by atoms with van der Waals surface area (Å²) in [4.78, 5) is 32.1. The fourth-order valence-electron chi connectivity index (χ4n) is 2.76. The number of nitrogens with zero attached hydrogens (tertiary/aromatic N) is 1. The third-order valence-electron chi connectivity index (χ3n) is 4.13. The predicted molar refractivity (Wildman–Crippen MR) is 106 cm³/mol. The van der Waals surface area contributed by atoms with E-state index in [-0.39, 0.29) is 18.2 Å². The lowest BCUT2D eigenvalue weighted by atomic mass is 10.1. The van der Waals surface area contributed by atoms with Gasteiger partial charge in [-0.3, -0.25) is 14.6 Å². The molecule has 1 aromatic heterocycles. The fraction of sp³-hybridized carbons (Fsp3) is 0.158. The van der Waals surface area contributed by atoms with Crippen molar-refractivity contribution in [1.29, 1.82) is 0 Å². The molecule has 1 aliphatic rings. The Morgan fingerprint density at radius 2 is 2.00 bits per heavy atom. The van der Waals surface area contributed by atoms with Crippen molar-refractivity contribution in [2.45, 2.75) is 19.4 Å². The van der Waals surface area contributed by atoms with Crippen molar-refractivity contribution in [3.05, 3.63) is 54.1 Å². The molecule has 1 aliphatic heterocycles. The Morgan fingerprint density at radius 3 is 2.78 bits per heavy atom. The van der Waals surface area contributed by atoms with Crippen LogP contribution in [0.25, 0.3) is 10.2 Å². The summed E-state index contributed by atoms with van der Waals surface area (Å²) in [6.45, 7) is 1.98. The Bertz CT molecular complexity index is 1010. The van der Waals surface area contributed by atoms with E-state index in [1.807, 2.05) is 55.5 Å². The highest BCUT2D eigenvalue weighted by molar-refractivity contribution is 7.22. The standard InChI is InChI=1S/C19H17N5O2S/c1-11-6-8-12(9-7-11)20-17(26)14-10-16(25)23-18(21-14)24-19-22-13-4-2-3-5-15(13)27-19/h2-9,14H,10H2,1H3,(H,20,26)(H2,21,22,23,24,25)/p+1/t14-/m1/s1. The molecule has 0 bridgehead atoms. The van der Waals surface area contributed by atoms with E-state index in [4.69, 9.17) is 0 Å². The molecule has 0 spiro atoms. The van der Waals surface area contributed by atoms with E-state index >= 15 is 0 Å². The summed E-state index contributed by atoms with van der Waals surface area (Å²) in [7, 11) is 0. The highest BCUT2D eigenvalue weighted by Crippen LogP contribution is 2.25. The van der Waals surface area contributed by atoms with Gasteiger partial charge in [0.15, 0.2) is 6.04 Å². The van der Waals surface area contributed by atoms with Gasteiger partial charge in [0, 0.05) is 5.69 Å². The molecule has 0 aliphatic carbocycles. The van der Waals surface area contributed by atoms with E-state index < -0.39 is 6.04 Å². The summed E-state index contributed by atoms with van der Waals surface area (Å²) in [5, 5.41) is 9.23. The fourth-order valence-corrected chi connectivity index (χ4v) is 3.63. The highest BCUT2D eigenvalue weighted by atomic mass is 32.1. The predicted octanol–water partition coefficient (Wildman–Crippen LogP) is 0.980. The van der Waals surface area contributed by atoms with Crippen LogP contribution in [0.3, 0.4) is 0 Å². The van der Waals surface area contributed by atoms with Crippen LogP contribution < -0.4 is 20.9 Å². The summed E-state index contributed by atoms with van der Waals surface area (Å²) in [5.74, 6) is -0.145. The Balaban J connectivity index is 1.50. The van der Waals surface area contributed by atoms with Gasteiger partial charge >= 0.3 is 5.96 Å². The third kappa shape index (κ3) is 3.95. The van der Waals surface area contributed by atoms with Gasteiger partial charge in [-0.2, -0.15) is 0 Å². The second-order valence-electron chi connectivity index (χ2n) is 6.29. The molecule has 136 valence electrons. The van der Waals surface area contributed by atoms with Gasteiger partial charge in [0.2, 0.25) is 0 Å². The normalized spacial score (nSPS) is 16.6. The van der Waals surface area contributed by atoms with Crippen molar-refractivity contribution in [2.75, 3.05) is 10.6 Å². The Hall–Kier alpha value is -3.26. The molecule has 2 aromatic carbocycles. The first-order valence-corrected chi connectivity index (χ1v) is 9.32. The second-order valence-corrected chi connectivity index (χ2v) is 7.32. The SMILES string of the molecule is Cc1ccc(NC(=O)[C@H]2CC(=O)NC(Nc3nc4ccccc4s3)=[NH+]2)cc1. The second kappa shape index (κ2) is 7.16. The van der Waals surface area contributed by atoms with E-state index in [0.29, 0.717) is 16.8 Å². The summed E-state index contributed by atoms with van der Waals surface area (Å²) >= 11 is 1.47. The van der Waals surface area contributed by atoms with E-state index in [9.17, 15) is 9.59 Å². The number of fused-ring (bicyclic) bond motifs is 1. The first-order valence-electron chi connectivity index (χ1n) is 8.50. The first-order chi connectivity index (χ1) is 13.1. The molecule has 27 heavy (non-hydrogen) atoms. The molecule has 0 fully saturated rings. The van der Waals surface area contributed by atoms with Crippen LogP contribution in [0.2, 0.25) is 0 Å². The number of guanidine groups is 1. The number of amides is 2. The van der Waals surface area contributed by atoms with Crippen LogP contribution >= 0.6 is 11.3 Å². The van der Waals surface area contributed by atoms with Crippen molar-refractivity contribution in [2.24, 2.45) is 0 Å². The lowest BCUT2D eigenvalue weighted by molar-refractivity contribution is -0.490. The summed E-state index contributed by atoms with van der Waals surface area (Å²) in [5.41, 5.74) is 2.68. The quantitative estimate of drug-likeness (QED) is 0.545. The van der Waals surface area contributed by atoms with Crippen LogP contribution in [0, 0.1) is 6.92 Å². The van der Waals surface area contributed by atoms with Crippen LogP contribution in [0.4, 0.5) is 10.8 Å². The average Bonchev–Trinajstić information content (AvgIpc) is 3.05. The monoisotopic (exact) mass is 380 g/mol. The van der Waals surface area contributed by atoms with Crippen molar-refractivity contribution >= 4 is 50.1 Å². The molecule has 1 atom stereocenters. The topological polar surface area (TPSA) is 97.1 Å². The van der Waals surface area contributed by atoms with Crippen molar-refractivity contribution < 1.29 is 14.6 Å². The number of para-hydroxylation sites is 1. The number of hydrogen-bond acceptors (Lipinski definition) is 5. The van der Waals surface area contributed by atoms with Crippen molar-refractivity contribution in [3.8, 4) is 0 Å². The number of carbonyl (C=O) groups excluding carboxylic acids is 2. The minimum atomic E-state index is -0.670. The maximum atomic E-state index is 12.5. The van der Waals surface area contributed by atoms with Gasteiger partial charge in [-0.05, 0) is 31.2 Å². The van der Waals surface area contributed by atoms with Crippen molar-refractivity contribution in [3.63, 3.8) is 0 Å². The molecule has 2 heterocycles. The largest absolute Gasteiger partial charge is 0.358 e. The molecule has 4 rings (SSSR count). The summed E-state index contributed by atoms with van der Waals surface area (Å²) < 4.78 is 1.04. The van der Waals surface area contributed by atoms with E-state index in [1.54, 1.807) is 0 Å². The molecular weight excluding hydrogens is 362 g/mol. The number of anilines is 2. The number of hydrogen-bond donors (Lipinski definition) is 4. The highest BCUT2D eigenvalue weighted by Gasteiger charge is 2.31. The van der Waals surface area contributed by atoms with E-state index in [0.717, 1.165) is 15.8 Å². The molecule has 4 N–H and O–H groups in total. The number of rotatable bonds is 3. The zero-order valence-corrected chi connectivity index (χ0v) is 15.4. The van der Waals surface area contributed by atoms with Crippen LogP contribution in [-0.4, -0.2) is 28.8 Å².